The van der Waals surface area contributed by atoms with Gasteiger partial charge in [-0.3, -0.25) is 19.4 Å². The summed E-state index contributed by atoms with van der Waals surface area (Å²) in [5.74, 6) is 6.47. The molecule has 10 heterocycles. The van der Waals surface area contributed by atoms with Crippen molar-refractivity contribution in [1.82, 2.24) is 15.1 Å². The van der Waals surface area contributed by atoms with Gasteiger partial charge in [0, 0.05) is 237 Å². The summed E-state index contributed by atoms with van der Waals surface area (Å²) in [6, 6.07) is 33.5. The number of nitrogens with two attached hydrogens (primary N) is 1. The molecule has 2 saturated carbocycles. The second kappa shape index (κ2) is 64.5. The van der Waals surface area contributed by atoms with Crippen LogP contribution in [-0.2, 0) is 70.3 Å². The molecule has 12 atom stereocenters. The van der Waals surface area contributed by atoms with E-state index >= 15 is 0 Å². The maximum Gasteiger partial charge on any atom is 0.515 e. The Labute approximate surface area is 859 Å². The predicted molar refractivity (Wildman–Crippen MR) is 486 cm³/mol. The van der Waals surface area contributed by atoms with Gasteiger partial charge in [0.15, 0.2) is 46.0 Å². The van der Waals surface area contributed by atoms with Crippen molar-refractivity contribution in [3.05, 3.63) is 167 Å². The van der Waals surface area contributed by atoms with E-state index in [-0.39, 0.29) is 104 Å². The number of carbonyl (C=O) groups is 5. The number of anilines is 2. The Bertz CT molecular complexity index is 4980. The topological polar surface area (TPSA) is 356 Å². The van der Waals surface area contributed by atoms with Crippen LogP contribution in [-0.4, -0.2) is 218 Å². The number of nitrogens with zero attached hydrogens (tertiary/aromatic N) is 4. The fourth-order valence-corrected chi connectivity index (χ4v) is 20.7. The summed E-state index contributed by atoms with van der Waals surface area (Å²) in [5.41, 5.74) is 7.56. The van der Waals surface area contributed by atoms with Crippen LogP contribution >= 0.6 is 92.8 Å². The number of esters is 1. The van der Waals surface area contributed by atoms with Crippen molar-refractivity contribution in [3.63, 3.8) is 0 Å². The van der Waals surface area contributed by atoms with Crippen LogP contribution in [0.25, 0.3) is 0 Å². The number of amides is 1. The first-order valence-corrected chi connectivity index (χ1v) is 44.0. The Balaban J connectivity index is 0.000000902. The number of carbonyl (C=O) groups excluding carboxylic acids is 5. The molecule has 6 aromatic carbocycles. The molecule has 61 heteroatoms. The van der Waals surface area contributed by atoms with Crippen LogP contribution in [0.5, 0.6) is 57.5 Å². The third kappa shape index (κ3) is 31.2. The van der Waals surface area contributed by atoms with Gasteiger partial charge in [-0.15, -0.1) is 0 Å². The van der Waals surface area contributed by atoms with E-state index in [1.54, 1.807) is 62.8 Å². The molecule has 0 bridgehead atoms. The van der Waals surface area contributed by atoms with Gasteiger partial charge >= 0.3 is 30.9 Å². The molecule has 0 unspecified atom stereocenters. The average molecular weight is 2300 g/mol. The van der Waals surface area contributed by atoms with Crippen LogP contribution in [0.1, 0.15) is 86.3 Å². The van der Waals surface area contributed by atoms with E-state index in [0.29, 0.717) is 47.3 Å². The summed E-state index contributed by atoms with van der Waals surface area (Å²) in [6.45, 7) is 10.4. The highest BCUT2D eigenvalue weighted by Crippen LogP contribution is 2.69. The van der Waals surface area contributed by atoms with Gasteiger partial charge in [0.2, 0.25) is 33.1 Å². The number of methoxy groups -OCH3 is 2. The Kier molecular flexibility index (Phi) is 59.2. The molecule has 2 aliphatic carbocycles. The Morgan fingerprint density at radius 3 is 1.16 bits per heavy atom. The zero-order valence-corrected chi connectivity index (χ0v) is 82.9. The Morgan fingerprint density at radius 2 is 0.815 bits per heavy atom. The molecule has 146 heavy (non-hydrogen) atoms. The number of ether oxygens (including phenoxy) is 15. The summed E-state index contributed by atoms with van der Waals surface area (Å²) in [7, 11) is 7.34. The number of aliphatic hydroxyl groups is 4. The molecule has 0 aromatic heterocycles. The number of halogens is 30. The first-order chi connectivity index (χ1) is 69.6. The van der Waals surface area contributed by atoms with Gasteiger partial charge in [-0.2, -0.15) is 0 Å². The molecule has 7 N–H and O–H groups in total. The number of likely N-dealkylation sites (N-methyl/N-ethyl adjacent to an activating group) is 2. The molecule has 10 aliphatic heterocycles. The van der Waals surface area contributed by atoms with Crippen molar-refractivity contribution in [3.8, 4) is 57.5 Å². The van der Waals surface area contributed by atoms with Crippen molar-refractivity contribution < 1.29 is 216 Å². The van der Waals surface area contributed by atoms with E-state index < -0.39 is 76.6 Å². The number of alkyl halides is 6. The molecule has 2 spiro atoms. The SMILES string of the molecule is CC[C@]12C=CCN3CC[C@@]4(c5ccc(OC)cc5N(C)[C@H]4[C@@](O)(CN)[C@@H]1O)[C@@H]32.CC[C@]12C=CCN3CC[C@@]4(c5ccc(OC)cc5N(C)[C@H]4[C@@](O)(CNC(=O)CCc4ccc5c(c4)OCO5)[C@@H]1OC(C)=O)[C@@H]32.FF.FF.FF.FF.FF.FF.FF.FF.FF.FF.FF.O=C(Cl)OCc1ccc2c(c1)OCO2.O=C(Cl)OCc1ccc2c(c1)OCO2.O=C(OC(Cl)(Cl)Cl)OC(Cl)(Cl)Cl.OCc1ccc2c(c1)OCO2.[B]. The minimum atomic E-state index is -2.24. The first-order valence-electron chi connectivity index (χ1n) is 40.9. The van der Waals surface area contributed by atoms with Crippen LogP contribution in [0, 0.1) is 10.8 Å². The molecule has 6 aromatic rings. The second-order valence-electron chi connectivity index (χ2n) is 31.1. The van der Waals surface area contributed by atoms with E-state index in [9.17, 15) is 39.3 Å². The standard InChI is InChI=1S/C34H41N3O7.C22H31N3O3.2C9H7ClO4.C8H8O3.C3Cl6O3.B.11F2/c1-5-32-13-6-15-37-16-14-33(29(32)37)24-10-9-23(41-4)18-25(24)36(3)30(33)34(40,31(32)44-21(2)38)19-35-28(39)12-8-22-7-11-26-27(17-22)43-20-42-26;1-4-20-8-5-10-25-11-9-21(17(20)25)15-7-6-14(28-3)12-16(15)24(2)18(21)22(27,13-23)19(20)26;2*10-9(11)12-4-6-1-2-7-8(3-6)14-5-13-7;9-4-6-1-2-7-8(3-6)11-5-10-7;4-2(5,6)11-1(10)12-3(7,8)9;;11*1-2/h6-7,9-11,13,17-18,29-31,40H,5,8,12,14-16,19-20H2,1-4H3,(H,35,39);5-8,12,17-19,26-27H,4,9-11,13,23H2,1-3H3;2*1-3H,4-5H2;1-3,9H,4-5H2;;;;;;;;;;;;;/t29-,30+,31+,32+,33+,34-;17-,18+,19+,20+,21+,22-;;;;;;;;;;;;;;;;/m00................/s1. The molecule has 2 saturated heterocycles. The number of fused-ring (bicyclic) bond motifs is 6. The number of benzene rings is 6. The lowest BCUT2D eigenvalue weighted by molar-refractivity contribution is -0.217. The zero-order valence-electron chi connectivity index (χ0n) is 76.8. The molecular weight excluding hydrogens is 2200 g/mol. The fraction of sp³-hybridized carbons (Fsp3) is 0.471. The zero-order chi connectivity index (χ0) is 110. The molecule has 4 fully saturated rings. The van der Waals surface area contributed by atoms with E-state index in [2.05, 4.69) is 100 Å². The third-order valence-electron chi connectivity index (χ3n) is 24.8. The summed E-state index contributed by atoms with van der Waals surface area (Å²) >= 11 is 40.3. The number of aliphatic hydroxyl groups excluding tert-OH is 2. The van der Waals surface area contributed by atoms with Gasteiger partial charge in [-0.25, -0.2) is 14.4 Å². The van der Waals surface area contributed by atoms with Gasteiger partial charge in [0.1, 0.15) is 42.0 Å². The molecular formula is C85H94BCl8F22N6O24. The smallest absolute Gasteiger partial charge is 0.497 e. The Hall–Kier alpha value is -9.89. The van der Waals surface area contributed by atoms with Crippen molar-refractivity contribution in [2.24, 2.45) is 16.6 Å². The molecule has 3 radical (unpaired) electrons. The number of hydrogen-bond acceptors (Lipinski definition) is 29. The maximum absolute atomic E-state index is 13.4. The summed E-state index contributed by atoms with van der Waals surface area (Å²) in [6.07, 6.45) is 9.38. The average Bonchev–Trinajstić information content (AvgIpc) is 1.49. The lowest BCUT2D eigenvalue weighted by atomic mass is 9.47. The predicted octanol–water partition coefficient (Wildman–Crippen LogP) is 21.9. The van der Waals surface area contributed by atoms with Crippen LogP contribution < -0.4 is 68.2 Å². The van der Waals surface area contributed by atoms with Gasteiger partial charge in [-0.1, -0.05) is 74.5 Å². The fourth-order valence-electron chi connectivity index (χ4n) is 20.2. The monoisotopic (exact) mass is 2290 g/mol. The number of nitrogens with one attached hydrogen (secondary N) is 1. The maximum atomic E-state index is 13.4. The second-order valence-corrected chi connectivity index (χ2v) is 36.0. The van der Waals surface area contributed by atoms with Gasteiger partial charge < -0.3 is 112 Å². The largest absolute Gasteiger partial charge is 0.515 e. The molecule has 821 valence electrons. The van der Waals surface area contributed by atoms with Gasteiger partial charge in [0.25, 0.3) is 0 Å². The van der Waals surface area contributed by atoms with Crippen LogP contribution in [0.15, 0.2) is 133 Å². The van der Waals surface area contributed by atoms with Gasteiger partial charge in [-0.05, 0) is 209 Å². The lowest BCUT2D eigenvalue weighted by Gasteiger charge is -2.64. The lowest BCUT2D eigenvalue weighted by Crippen LogP contribution is -2.81. The van der Waals surface area contributed by atoms with E-state index in [1.807, 2.05) is 56.6 Å². The summed E-state index contributed by atoms with van der Waals surface area (Å²) in [4.78, 5) is 66.6. The van der Waals surface area contributed by atoms with Crippen molar-refractivity contribution in [1.29, 1.82) is 0 Å². The van der Waals surface area contributed by atoms with Crippen molar-refractivity contribution in [2.75, 3.05) is 105 Å². The third-order valence-corrected chi connectivity index (χ3v) is 25.4. The number of rotatable bonds is 16. The normalized spacial score (nSPS) is 23.1. The number of hydrogen-bond donors (Lipinski definition) is 6. The molecule has 12 aliphatic rings. The van der Waals surface area contributed by atoms with E-state index in [1.165, 1.54) is 18.1 Å². The molecule has 18 rings (SSSR count). The highest BCUT2D eigenvalue weighted by atomic mass is 35.6. The highest BCUT2D eigenvalue weighted by molar-refractivity contribution is 6.67. The molecule has 30 nitrogen and oxygen atoms in total. The quantitative estimate of drug-likeness (QED) is 0.00997. The summed E-state index contributed by atoms with van der Waals surface area (Å²) in [5, 5.41) is 48.6. The van der Waals surface area contributed by atoms with Gasteiger partial charge in [0.05, 0.1) is 45.6 Å². The number of aryl methyl sites for hydroxylation is 1. The minimum Gasteiger partial charge on any atom is -0.497 e. The first kappa shape index (κ1) is 134. The minimum absolute atomic E-state index is 0. The van der Waals surface area contributed by atoms with Crippen LogP contribution in [0.3, 0.4) is 0 Å². The van der Waals surface area contributed by atoms with Crippen molar-refractivity contribution >= 4 is 141 Å². The molecule has 1 amide bonds. The van der Waals surface area contributed by atoms with Crippen molar-refractivity contribution in [2.45, 2.75) is 145 Å². The Morgan fingerprint density at radius 1 is 0.479 bits per heavy atom. The van der Waals surface area contributed by atoms with E-state index in [0.717, 1.165) is 102 Å². The van der Waals surface area contributed by atoms with E-state index in [4.69, 9.17) is 256 Å². The van der Waals surface area contributed by atoms with Crippen LogP contribution in [0.2, 0.25) is 0 Å². The summed E-state index contributed by atoms with van der Waals surface area (Å²) < 4.78 is 248. The highest BCUT2D eigenvalue weighted by Gasteiger charge is 2.79. The van der Waals surface area contributed by atoms with Crippen LogP contribution in [0.4, 0.5) is 126 Å².